The standard InChI is InChI=1S/C23H29NO7/c1-13(2)17-9-14-10-19(31-8-6-7-28-3)18(29-4)11-15(14)20-22(30-5)21(25)16(23(26)27)12-24(17)20/h10-13,17H,6-9H2,1-5H3,(H,26,27)/t17-/m0/s1/i4D3,5D3. The Kier molecular flexibility index (Phi) is 4.79. The van der Waals surface area contributed by atoms with Gasteiger partial charge in [0, 0.05) is 37.9 Å². The van der Waals surface area contributed by atoms with Gasteiger partial charge >= 0.3 is 5.97 Å². The van der Waals surface area contributed by atoms with Gasteiger partial charge in [-0.2, -0.15) is 0 Å². The van der Waals surface area contributed by atoms with Gasteiger partial charge in [0.1, 0.15) is 5.56 Å². The van der Waals surface area contributed by atoms with Crippen LogP contribution in [0.4, 0.5) is 0 Å². The highest BCUT2D eigenvalue weighted by Crippen LogP contribution is 2.45. The van der Waals surface area contributed by atoms with Gasteiger partial charge in [0.15, 0.2) is 17.2 Å². The highest BCUT2D eigenvalue weighted by Gasteiger charge is 2.33. The second kappa shape index (κ2) is 9.43. The van der Waals surface area contributed by atoms with Crippen molar-refractivity contribution in [3.63, 3.8) is 0 Å². The monoisotopic (exact) mass is 437 g/mol. The number of aromatic carboxylic acids is 1. The molecule has 0 amide bonds. The molecule has 2 aromatic rings. The zero-order chi connectivity index (χ0) is 27.7. The van der Waals surface area contributed by atoms with Gasteiger partial charge in [0.2, 0.25) is 5.43 Å². The van der Waals surface area contributed by atoms with Crippen molar-refractivity contribution >= 4 is 5.97 Å². The number of fused-ring (bicyclic) bond motifs is 3. The SMILES string of the molecule is [2H]C([2H])([2H])Oc1cc2c(cc1OCCCOC)C[C@@H](C(C)C)n1cc(C(=O)O)c(=O)c(OC([2H])([2H])[2H])c1-2. The Bertz CT molecular complexity index is 1220. The number of rotatable bonds is 9. The molecule has 0 unspecified atom stereocenters. The first-order valence-electron chi connectivity index (χ1n) is 12.8. The van der Waals surface area contributed by atoms with Gasteiger partial charge in [-0.15, -0.1) is 0 Å². The van der Waals surface area contributed by atoms with Crippen LogP contribution >= 0.6 is 0 Å². The van der Waals surface area contributed by atoms with Crippen LogP contribution in [0.25, 0.3) is 11.3 Å². The highest BCUT2D eigenvalue weighted by atomic mass is 16.5. The summed E-state index contributed by atoms with van der Waals surface area (Å²) in [6.45, 7) is 4.43. The third-order valence-electron chi connectivity index (χ3n) is 5.37. The Morgan fingerprint density at radius 2 is 2.03 bits per heavy atom. The largest absolute Gasteiger partial charge is 0.493 e. The molecule has 1 aromatic heterocycles. The Hall–Kier alpha value is -3.00. The molecule has 0 fully saturated rings. The number of benzene rings is 1. The minimum absolute atomic E-state index is 0.0207. The van der Waals surface area contributed by atoms with E-state index in [1.165, 1.54) is 16.8 Å². The summed E-state index contributed by atoms with van der Waals surface area (Å²) in [5, 5.41) is 9.62. The van der Waals surface area contributed by atoms with Gasteiger partial charge < -0.3 is 28.6 Å². The lowest BCUT2D eigenvalue weighted by atomic mass is 9.86. The number of carbonyl (C=O) groups is 1. The third kappa shape index (κ3) is 4.25. The lowest BCUT2D eigenvalue weighted by Gasteiger charge is -2.34. The van der Waals surface area contributed by atoms with E-state index in [2.05, 4.69) is 0 Å². The normalized spacial score (nSPS) is 18.4. The van der Waals surface area contributed by atoms with Crippen LogP contribution in [0, 0.1) is 5.92 Å². The first-order valence-corrected chi connectivity index (χ1v) is 9.82. The summed E-state index contributed by atoms with van der Waals surface area (Å²) < 4.78 is 68.0. The van der Waals surface area contributed by atoms with Crippen molar-refractivity contribution in [2.45, 2.75) is 32.7 Å². The molecule has 1 aliphatic rings. The van der Waals surface area contributed by atoms with E-state index in [1.54, 1.807) is 13.2 Å². The summed E-state index contributed by atoms with van der Waals surface area (Å²) in [7, 11) is -4.35. The van der Waals surface area contributed by atoms with Crippen LogP contribution in [-0.4, -0.2) is 50.0 Å². The van der Waals surface area contributed by atoms with Crippen LogP contribution in [0.3, 0.4) is 0 Å². The van der Waals surface area contributed by atoms with Crippen molar-refractivity contribution < 1.29 is 37.1 Å². The van der Waals surface area contributed by atoms with Crippen molar-refractivity contribution in [1.82, 2.24) is 4.57 Å². The molecular formula is C23H29NO7. The van der Waals surface area contributed by atoms with Crippen molar-refractivity contribution in [3.05, 3.63) is 39.7 Å². The average Bonchev–Trinajstić information content (AvgIpc) is 2.75. The molecule has 1 aliphatic heterocycles. The van der Waals surface area contributed by atoms with Crippen LogP contribution in [0.2, 0.25) is 0 Å². The van der Waals surface area contributed by atoms with Crippen LogP contribution in [0.5, 0.6) is 17.2 Å². The fraction of sp³-hybridized carbons (Fsp3) is 0.478. The van der Waals surface area contributed by atoms with E-state index in [0.29, 0.717) is 25.0 Å². The number of ether oxygens (including phenoxy) is 4. The summed E-state index contributed by atoms with van der Waals surface area (Å²) in [6, 6.07) is 2.56. The zero-order valence-corrected chi connectivity index (χ0v) is 17.6. The number of nitrogens with zero attached hydrogens (tertiary/aromatic N) is 1. The minimum Gasteiger partial charge on any atom is -0.493 e. The number of pyridine rings is 1. The van der Waals surface area contributed by atoms with Crippen LogP contribution in [-0.2, 0) is 11.2 Å². The molecule has 0 aliphatic carbocycles. The van der Waals surface area contributed by atoms with E-state index in [1.807, 2.05) is 13.8 Å². The van der Waals surface area contributed by atoms with Gasteiger partial charge in [-0.3, -0.25) is 4.79 Å². The summed E-state index contributed by atoms with van der Waals surface area (Å²) in [6.07, 6.45) is 2.05. The molecule has 1 aromatic carbocycles. The molecule has 2 heterocycles. The molecule has 168 valence electrons. The lowest BCUT2D eigenvalue weighted by Crippen LogP contribution is -2.29. The maximum absolute atomic E-state index is 13.1. The fourth-order valence-corrected chi connectivity index (χ4v) is 3.83. The minimum atomic E-state index is -3.06. The van der Waals surface area contributed by atoms with E-state index in [-0.39, 0.29) is 41.3 Å². The van der Waals surface area contributed by atoms with Crippen molar-refractivity contribution in [2.75, 3.05) is 34.4 Å². The molecule has 31 heavy (non-hydrogen) atoms. The van der Waals surface area contributed by atoms with Crippen LogP contribution in [0.15, 0.2) is 23.1 Å². The molecule has 1 N–H and O–H groups in total. The predicted octanol–water partition coefficient (Wildman–Crippen LogP) is 3.40. The summed E-state index contributed by atoms with van der Waals surface area (Å²) in [5.41, 5.74) is -0.838. The van der Waals surface area contributed by atoms with Gasteiger partial charge in [-0.25, -0.2) is 4.79 Å². The summed E-state index contributed by atoms with van der Waals surface area (Å²) >= 11 is 0. The van der Waals surface area contributed by atoms with Gasteiger partial charge in [0.25, 0.3) is 0 Å². The molecule has 3 rings (SSSR count). The van der Waals surface area contributed by atoms with E-state index in [9.17, 15) is 14.7 Å². The molecular weight excluding hydrogens is 402 g/mol. The van der Waals surface area contributed by atoms with Crippen molar-refractivity contribution in [2.24, 2.45) is 5.92 Å². The smallest absolute Gasteiger partial charge is 0.341 e. The molecule has 0 saturated carbocycles. The van der Waals surface area contributed by atoms with Gasteiger partial charge in [0.05, 0.1) is 34.6 Å². The number of hydrogen-bond acceptors (Lipinski definition) is 6. The molecule has 0 bridgehead atoms. The van der Waals surface area contributed by atoms with Crippen molar-refractivity contribution in [1.29, 1.82) is 0 Å². The van der Waals surface area contributed by atoms with Crippen LogP contribution in [0.1, 0.15) is 50.5 Å². The Morgan fingerprint density at radius 1 is 1.26 bits per heavy atom. The zero-order valence-electron chi connectivity index (χ0n) is 23.6. The van der Waals surface area contributed by atoms with E-state index < -0.39 is 36.8 Å². The van der Waals surface area contributed by atoms with E-state index >= 15 is 0 Å². The van der Waals surface area contributed by atoms with E-state index in [4.69, 9.17) is 27.2 Å². The quantitative estimate of drug-likeness (QED) is 0.601. The highest BCUT2D eigenvalue weighted by molar-refractivity contribution is 5.89. The molecule has 8 heteroatoms. The molecule has 0 saturated heterocycles. The number of hydrogen-bond donors (Lipinski definition) is 1. The lowest BCUT2D eigenvalue weighted by molar-refractivity contribution is 0.0693. The second-order valence-electron chi connectivity index (χ2n) is 7.63. The summed E-state index contributed by atoms with van der Waals surface area (Å²) in [4.78, 5) is 24.9. The topological polar surface area (TPSA) is 96.2 Å². The first-order chi connectivity index (χ1) is 17.1. The number of carboxylic acids is 1. The Morgan fingerprint density at radius 3 is 2.68 bits per heavy atom. The maximum atomic E-state index is 13.1. The van der Waals surface area contributed by atoms with E-state index in [0.717, 1.165) is 0 Å². The second-order valence-corrected chi connectivity index (χ2v) is 7.63. The van der Waals surface area contributed by atoms with Crippen molar-refractivity contribution in [3.8, 4) is 28.5 Å². The Labute approximate surface area is 189 Å². The number of methoxy groups -OCH3 is 3. The third-order valence-corrected chi connectivity index (χ3v) is 5.37. The van der Waals surface area contributed by atoms with Gasteiger partial charge in [-0.1, -0.05) is 13.8 Å². The number of aromatic nitrogens is 1. The average molecular weight is 438 g/mol. The molecule has 8 nitrogen and oxygen atoms in total. The molecule has 0 radical (unpaired) electrons. The molecule has 0 spiro atoms. The van der Waals surface area contributed by atoms with Gasteiger partial charge in [-0.05, 0) is 30.0 Å². The fourth-order valence-electron chi connectivity index (χ4n) is 3.83. The summed E-state index contributed by atoms with van der Waals surface area (Å²) in [5.74, 6) is -2.26. The molecule has 1 atom stereocenters. The Balaban J connectivity index is 2.33. The first kappa shape index (κ1) is 15.8. The maximum Gasteiger partial charge on any atom is 0.341 e. The predicted molar refractivity (Wildman–Crippen MR) is 116 cm³/mol. The number of carboxylic acid groups (broad SMARTS) is 1. The van der Waals surface area contributed by atoms with Crippen LogP contribution < -0.4 is 19.6 Å².